The SMILES string of the molecule is C=CCSC1=NC[C@@H](C=C)O1. The lowest BCUT2D eigenvalue weighted by Gasteiger charge is -2.03. The molecule has 0 aromatic heterocycles. The van der Waals surface area contributed by atoms with E-state index in [9.17, 15) is 0 Å². The van der Waals surface area contributed by atoms with Crippen molar-refractivity contribution >= 4 is 17.0 Å². The molecule has 0 spiro atoms. The molecule has 0 amide bonds. The second-order valence-corrected chi connectivity index (χ2v) is 3.07. The van der Waals surface area contributed by atoms with Crippen molar-refractivity contribution in [2.45, 2.75) is 6.10 Å². The quantitative estimate of drug-likeness (QED) is 0.601. The van der Waals surface area contributed by atoms with Crippen LogP contribution in [0.1, 0.15) is 0 Å². The lowest BCUT2D eigenvalue weighted by molar-refractivity contribution is 0.282. The van der Waals surface area contributed by atoms with Crippen LogP contribution in [0.2, 0.25) is 0 Å². The van der Waals surface area contributed by atoms with E-state index in [2.05, 4.69) is 18.2 Å². The number of rotatable bonds is 3. The molecule has 11 heavy (non-hydrogen) atoms. The molecule has 60 valence electrons. The fourth-order valence-electron chi connectivity index (χ4n) is 0.701. The molecular formula is C8H11NOS. The average molecular weight is 169 g/mol. The van der Waals surface area contributed by atoms with Gasteiger partial charge < -0.3 is 4.74 Å². The van der Waals surface area contributed by atoms with Crippen molar-refractivity contribution in [1.29, 1.82) is 0 Å². The first-order valence-electron chi connectivity index (χ1n) is 3.44. The van der Waals surface area contributed by atoms with Crippen molar-refractivity contribution in [2.75, 3.05) is 12.3 Å². The summed E-state index contributed by atoms with van der Waals surface area (Å²) in [6.07, 6.45) is 3.69. The van der Waals surface area contributed by atoms with E-state index >= 15 is 0 Å². The van der Waals surface area contributed by atoms with Crippen molar-refractivity contribution in [1.82, 2.24) is 0 Å². The molecule has 0 saturated carbocycles. The van der Waals surface area contributed by atoms with Crippen LogP contribution in [-0.4, -0.2) is 23.6 Å². The predicted molar refractivity (Wildman–Crippen MR) is 50.0 cm³/mol. The van der Waals surface area contributed by atoms with Crippen LogP contribution in [0, 0.1) is 0 Å². The monoisotopic (exact) mass is 169 g/mol. The van der Waals surface area contributed by atoms with E-state index in [4.69, 9.17) is 4.74 Å². The Kier molecular flexibility index (Phi) is 3.23. The summed E-state index contributed by atoms with van der Waals surface area (Å²) in [5, 5.41) is 0.759. The minimum Gasteiger partial charge on any atom is -0.464 e. The summed E-state index contributed by atoms with van der Waals surface area (Å²) in [6, 6.07) is 0. The van der Waals surface area contributed by atoms with Crippen LogP contribution in [0.25, 0.3) is 0 Å². The van der Waals surface area contributed by atoms with Gasteiger partial charge in [-0.25, -0.2) is 4.99 Å². The Bertz CT molecular complexity index is 189. The number of thioether (sulfide) groups is 1. The predicted octanol–water partition coefficient (Wildman–Crippen LogP) is 1.85. The highest BCUT2D eigenvalue weighted by atomic mass is 32.2. The summed E-state index contributed by atoms with van der Waals surface area (Å²) >= 11 is 1.57. The Morgan fingerprint density at radius 1 is 1.73 bits per heavy atom. The van der Waals surface area contributed by atoms with Crippen LogP contribution in [-0.2, 0) is 4.74 Å². The van der Waals surface area contributed by atoms with Crippen molar-refractivity contribution in [2.24, 2.45) is 4.99 Å². The van der Waals surface area contributed by atoms with Crippen molar-refractivity contribution < 1.29 is 4.74 Å². The molecule has 0 saturated heterocycles. The second kappa shape index (κ2) is 4.23. The Morgan fingerprint density at radius 2 is 2.55 bits per heavy atom. The molecule has 1 atom stereocenters. The number of nitrogens with zero attached hydrogens (tertiary/aromatic N) is 1. The maximum absolute atomic E-state index is 5.36. The summed E-state index contributed by atoms with van der Waals surface area (Å²) in [6.45, 7) is 7.95. The molecule has 0 aromatic rings. The van der Waals surface area contributed by atoms with Gasteiger partial charge >= 0.3 is 0 Å². The highest BCUT2D eigenvalue weighted by molar-refractivity contribution is 8.13. The summed E-state index contributed by atoms with van der Waals surface area (Å²) in [4.78, 5) is 4.16. The van der Waals surface area contributed by atoms with Crippen LogP contribution in [0.15, 0.2) is 30.3 Å². The zero-order valence-electron chi connectivity index (χ0n) is 6.32. The van der Waals surface area contributed by atoms with Gasteiger partial charge in [0.05, 0.1) is 6.54 Å². The molecule has 0 N–H and O–H groups in total. The van der Waals surface area contributed by atoms with Gasteiger partial charge in [-0.3, -0.25) is 0 Å². The van der Waals surface area contributed by atoms with E-state index in [-0.39, 0.29) is 6.10 Å². The molecule has 0 unspecified atom stereocenters. The van der Waals surface area contributed by atoms with E-state index in [0.29, 0.717) is 6.54 Å². The van der Waals surface area contributed by atoms with Gasteiger partial charge in [0.25, 0.3) is 0 Å². The van der Waals surface area contributed by atoms with Crippen molar-refractivity contribution in [3.05, 3.63) is 25.3 Å². The maximum atomic E-state index is 5.36. The Hall–Kier alpha value is -0.700. The first kappa shape index (κ1) is 8.40. The first-order chi connectivity index (χ1) is 5.36. The molecule has 1 aliphatic heterocycles. The molecule has 0 aromatic carbocycles. The highest BCUT2D eigenvalue weighted by Gasteiger charge is 2.15. The van der Waals surface area contributed by atoms with Gasteiger partial charge in [0.15, 0.2) is 0 Å². The van der Waals surface area contributed by atoms with Crippen LogP contribution >= 0.6 is 11.8 Å². The Labute approximate surface area is 71.0 Å². The summed E-state index contributed by atoms with van der Waals surface area (Å²) in [7, 11) is 0. The van der Waals surface area contributed by atoms with Crippen molar-refractivity contribution in [3.8, 4) is 0 Å². The van der Waals surface area contributed by atoms with Gasteiger partial charge in [-0.15, -0.1) is 6.58 Å². The van der Waals surface area contributed by atoms with E-state index in [0.717, 1.165) is 11.0 Å². The molecular weight excluding hydrogens is 158 g/mol. The van der Waals surface area contributed by atoms with Crippen molar-refractivity contribution in [3.63, 3.8) is 0 Å². The summed E-state index contributed by atoms with van der Waals surface area (Å²) in [5.74, 6) is 0.850. The zero-order chi connectivity index (χ0) is 8.10. The molecule has 1 rings (SSSR count). The summed E-state index contributed by atoms with van der Waals surface area (Å²) < 4.78 is 5.36. The Morgan fingerprint density at radius 3 is 3.09 bits per heavy atom. The minimum absolute atomic E-state index is 0.0855. The van der Waals surface area contributed by atoms with Crippen LogP contribution in [0.3, 0.4) is 0 Å². The third kappa shape index (κ3) is 2.42. The molecule has 0 radical (unpaired) electrons. The van der Waals surface area contributed by atoms with E-state index in [1.54, 1.807) is 17.8 Å². The minimum atomic E-state index is 0.0855. The van der Waals surface area contributed by atoms with E-state index in [1.165, 1.54) is 0 Å². The van der Waals surface area contributed by atoms with Gasteiger partial charge in [-0.05, 0) is 6.08 Å². The van der Waals surface area contributed by atoms with Gasteiger partial charge in [-0.1, -0.05) is 24.4 Å². The van der Waals surface area contributed by atoms with Gasteiger partial charge in [0.1, 0.15) is 6.10 Å². The topological polar surface area (TPSA) is 21.6 Å². The van der Waals surface area contributed by atoms with Gasteiger partial charge in [0.2, 0.25) is 5.23 Å². The molecule has 3 heteroatoms. The second-order valence-electron chi connectivity index (χ2n) is 2.10. The first-order valence-corrected chi connectivity index (χ1v) is 4.42. The number of hydrogen-bond acceptors (Lipinski definition) is 3. The third-order valence-electron chi connectivity index (χ3n) is 1.24. The fourth-order valence-corrected chi connectivity index (χ4v) is 1.32. The molecule has 1 heterocycles. The zero-order valence-corrected chi connectivity index (χ0v) is 7.14. The normalized spacial score (nSPS) is 22.2. The molecule has 0 bridgehead atoms. The van der Waals surface area contributed by atoms with E-state index in [1.807, 2.05) is 6.08 Å². The smallest absolute Gasteiger partial charge is 0.246 e. The maximum Gasteiger partial charge on any atom is 0.246 e. The lowest BCUT2D eigenvalue weighted by Crippen LogP contribution is -2.07. The standard InChI is InChI=1S/C8H11NOS/c1-3-5-11-8-9-6-7(4-2)10-8/h3-4,7H,1-2,5-6H2/t7-/m1/s1. The highest BCUT2D eigenvalue weighted by Crippen LogP contribution is 2.14. The number of aliphatic imine (C=N–C) groups is 1. The van der Waals surface area contributed by atoms with Crippen LogP contribution in [0.5, 0.6) is 0 Å². The third-order valence-corrected chi connectivity index (χ3v) is 2.11. The molecule has 0 fully saturated rings. The summed E-state index contributed by atoms with van der Waals surface area (Å²) in [5.41, 5.74) is 0. The number of hydrogen-bond donors (Lipinski definition) is 0. The molecule has 1 aliphatic rings. The van der Waals surface area contributed by atoms with Gasteiger partial charge in [0, 0.05) is 5.75 Å². The fraction of sp³-hybridized carbons (Fsp3) is 0.375. The van der Waals surface area contributed by atoms with Crippen LogP contribution in [0.4, 0.5) is 0 Å². The van der Waals surface area contributed by atoms with Gasteiger partial charge in [-0.2, -0.15) is 0 Å². The Balaban J connectivity index is 2.27. The number of ether oxygens (including phenoxy) is 1. The molecule has 0 aliphatic carbocycles. The molecule has 2 nitrogen and oxygen atoms in total. The van der Waals surface area contributed by atoms with Crippen LogP contribution < -0.4 is 0 Å². The average Bonchev–Trinajstić information content (AvgIpc) is 2.48. The largest absolute Gasteiger partial charge is 0.464 e. The van der Waals surface area contributed by atoms with E-state index < -0.39 is 0 Å². The lowest BCUT2D eigenvalue weighted by atomic mass is 10.4.